The average molecular weight is 743 g/mol. The molecule has 1 aliphatic rings. The summed E-state index contributed by atoms with van der Waals surface area (Å²) < 4.78 is 14.7. The minimum absolute atomic E-state index is 0.0270. The van der Waals surface area contributed by atoms with Gasteiger partial charge in [-0.3, -0.25) is 20.1 Å². The molecule has 10 nitrogen and oxygen atoms in total. The molecule has 13 heteroatoms. The maximum Gasteiger partial charge on any atom is 0.239 e. The first kappa shape index (κ1) is 42.2. The number of hydrogen-bond acceptors (Lipinski definition) is 10. The van der Waals surface area contributed by atoms with Crippen LogP contribution in [-0.4, -0.2) is 81.5 Å². The number of nitrogens with zero attached hydrogens (tertiary/aromatic N) is 2. The van der Waals surface area contributed by atoms with E-state index < -0.39 is 23.6 Å². The topological polar surface area (TPSA) is 143 Å². The molecule has 280 valence electrons. The molecule has 0 aliphatic heterocycles. The zero-order valence-electron chi connectivity index (χ0n) is 30.6. The Morgan fingerprint density at radius 1 is 0.961 bits per heavy atom. The summed E-state index contributed by atoms with van der Waals surface area (Å²) in [6.45, 7) is 10.4. The summed E-state index contributed by atoms with van der Waals surface area (Å²) in [6, 6.07) is 20.6. The highest BCUT2D eigenvalue weighted by Crippen LogP contribution is 2.45. The molecule has 0 saturated heterocycles. The van der Waals surface area contributed by atoms with Gasteiger partial charge < -0.3 is 21.5 Å². The van der Waals surface area contributed by atoms with Gasteiger partial charge >= 0.3 is 0 Å². The average Bonchev–Trinajstić information content (AvgIpc) is 3.89. The van der Waals surface area contributed by atoms with Crippen LogP contribution in [0.25, 0.3) is 0 Å². The van der Waals surface area contributed by atoms with Gasteiger partial charge in [0.25, 0.3) is 0 Å². The van der Waals surface area contributed by atoms with Crippen molar-refractivity contribution in [1.29, 1.82) is 0 Å². The molecule has 0 radical (unpaired) electrons. The molecule has 0 heterocycles. The first-order chi connectivity index (χ1) is 24.2. The van der Waals surface area contributed by atoms with Crippen LogP contribution >= 0.6 is 23.7 Å². The summed E-state index contributed by atoms with van der Waals surface area (Å²) in [4.78, 5) is 26.4. The zero-order valence-corrected chi connectivity index (χ0v) is 32.2. The number of nitrogens with one attached hydrogen (secondary N) is 3. The van der Waals surface area contributed by atoms with Crippen molar-refractivity contribution in [2.45, 2.75) is 81.7 Å². The Balaban J connectivity index is 0.00000131. The van der Waals surface area contributed by atoms with E-state index in [1.54, 1.807) is 17.1 Å². The van der Waals surface area contributed by atoms with Gasteiger partial charge in [0.2, 0.25) is 11.8 Å². The van der Waals surface area contributed by atoms with Crippen molar-refractivity contribution >= 4 is 41.2 Å². The number of carbonyl (C=O) groups is 2. The van der Waals surface area contributed by atoms with Gasteiger partial charge in [-0.15, -0.1) is 0 Å². The molecule has 2 unspecified atom stereocenters. The molecule has 0 aromatic heterocycles. The minimum atomic E-state index is -1.07. The predicted molar refractivity (Wildman–Crippen MR) is 207 cm³/mol. The largest absolute Gasteiger partial charge is 0.398 e. The third-order valence-corrected chi connectivity index (χ3v) is 10.2. The van der Waals surface area contributed by atoms with Crippen molar-refractivity contribution in [3.63, 3.8) is 0 Å². The molecule has 7 N–H and O–H groups in total. The molecule has 0 bridgehead atoms. The molecule has 3 aromatic rings. The van der Waals surface area contributed by atoms with Crippen LogP contribution in [0.15, 0.2) is 77.7 Å². The Hall–Kier alpha value is -3.17. The van der Waals surface area contributed by atoms with Crippen molar-refractivity contribution in [2.24, 2.45) is 5.92 Å². The fourth-order valence-corrected chi connectivity index (χ4v) is 5.93. The number of anilines is 1. The van der Waals surface area contributed by atoms with E-state index in [1.165, 1.54) is 12.1 Å². The smallest absolute Gasteiger partial charge is 0.239 e. The van der Waals surface area contributed by atoms with Crippen LogP contribution in [0.1, 0.15) is 57.2 Å². The second kappa shape index (κ2) is 20.8. The van der Waals surface area contributed by atoms with Crippen molar-refractivity contribution in [3.05, 3.63) is 95.3 Å². The molecule has 2 amide bonds. The maximum absolute atomic E-state index is 13.7. The molecule has 51 heavy (non-hydrogen) atoms. The van der Waals surface area contributed by atoms with Gasteiger partial charge in [-0.25, -0.2) is 9.40 Å². The Bertz CT molecular complexity index is 1530. The number of halogens is 1. The fourth-order valence-electron chi connectivity index (χ4n) is 5.18. The predicted octanol–water partition coefficient (Wildman–Crippen LogP) is 5.53. The molecule has 1 saturated carbocycles. The van der Waals surface area contributed by atoms with E-state index in [9.17, 15) is 24.3 Å². The van der Waals surface area contributed by atoms with Crippen LogP contribution in [-0.2, 0) is 21.5 Å². The van der Waals surface area contributed by atoms with E-state index in [-0.39, 0.29) is 37.3 Å². The van der Waals surface area contributed by atoms with Gasteiger partial charge in [0.15, 0.2) is 0 Å². The van der Waals surface area contributed by atoms with Crippen molar-refractivity contribution in [1.82, 2.24) is 25.5 Å². The Labute approximate surface area is 311 Å². The van der Waals surface area contributed by atoms with Crippen LogP contribution in [0.5, 0.6) is 0 Å². The van der Waals surface area contributed by atoms with Gasteiger partial charge in [0, 0.05) is 41.2 Å². The molecule has 3 aromatic carbocycles. The molecule has 1 aliphatic carbocycles. The second-order valence-electron chi connectivity index (χ2n) is 13.6. The molecule has 0 spiro atoms. The van der Waals surface area contributed by atoms with Gasteiger partial charge in [-0.1, -0.05) is 80.8 Å². The number of nitrogen functional groups attached to an aromatic ring is 1. The number of hydrazine groups is 1. The summed E-state index contributed by atoms with van der Waals surface area (Å²) in [5, 5.41) is 33.6. The summed E-state index contributed by atoms with van der Waals surface area (Å²) in [7, 11) is 0. The summed E-state index contributed by atoms with van der Waals surface area (Å²) in [6.07, 6.45) is 2.96. The first-order valence-corrected chi connectivity index (χ1v) is 19.4. The Morgan fingerprint density at radius 3 is 2.24 bits per heavy atom. The van der Waals surface area contributed by atoms with Crippen molar-refractivity contribution in [2.75, 3.05) is 38.2 Å². The molecular weight excluding hydrogens is 688 g/mol. The van der Waals surface area contributed by atoms with E-state index in [4.69, 9.17) is 5.73 Å². The molecule has 2 atom stereocenters. The minimum Gasteiger partial charge on any atom is -0.398 e. The Kier molecular flexibility index (Phi) is 17.2. The highest BCUT2D eigenvalue weighted by molar-refractivity contribution is 7.99. The fraction of sp³-hybridized carbons (Fsp3) is 0.474. The van der Waals surface area contributed by atoms with E-state index in [0.29, 0.717) is 18.7 Å². The van der Waals surface area contributed by atoms with Gasteiger partial charge in [-0.2, -0.15) is 11.8 Å². The van der Waals surface area contributed by atoms with E-state index in [0.717, 1.165) is 56.2 Å². The molecular formula is C38H55FN6O4S2. The quantitative estimate of drug-likeness (QED) is 0.0560. The lowest BCUT2D eigenvalue weighted by Crippen LogP contribution is -2.54. The van der Waals surface area contributed by atoms with Crippen LogP contribution in [0.3, 0.4) is 0 Å². The van der Waals surface area contributed by atoms with Gasteiger partial charge in [0.1, 0.15) is 5.82 Å². The number of aryl methyl sites for hydroxylation is 1. The summed E-state index contributed by atoms with van der Waals surface area (Å²) in [5.41, 5.74) is 8.88. The van der Waals surface area contributed by atoms with Gasteiger partial charge in [0.05, 0.1) is 25.2 Å². The second-order valence-corrected chi connectivity index (χ2v) is 16.0. The highest BCUT2D eigenvalue weighted by atomic mass is 32.2. The Morgan fingerprint density at radius 2 is 1.65 bits per heavy atom. The molecule has 1 fully saturated rings. The summed E-state index contributed by atoms with van der Waals surface area (Å²) >= 11 is 2.95. The normalized spacial score (nSPS) is 14.6. The van der Waals surface area contributed by atoms with E-state index in [2.05, 4.69) is 36.1 Å². The number of amides is 2. The lowest BCUT2D eigenvalue weighted by Gasteiger charge is -2.34. The number of benzene rings is 3. The third kappa shape index (κ3) is 14.8. The number of thioether (sulfide) groups is 1. The SMILES string of the molecule is CSC(C)C.Cc1ccc(SN(O)N(CC(C)C)CC(O)C(Cc2ccccc2)NC(=O)CNC(=O)CNC2(c3cccc(F)c3)CC2)cc1N. The zero-order chi connectivity index (χ0) is 37.6. The lowest BCUT2D eigenvalue weighted by atomic mass is 10.0. The number of nitrogens with two attached hydrogens (primary N) is 1. The monoisotopic (exact) mass is 742 g/mol. The maximum atomic E-state index is 13.7. The lowest BCUT2D eigenvalue weighted by molar-refractivity contribution is -0.174. The standard InChI is InChI=1S/C34H45FN6O4S.C4H10S/c1-23(2)21-40(41(45)46-28-13-12-24(3)29(36)18-28)22-31(42)30(16-25-8-5-4-6-9-25)39-33(44)19-37-32(43)20-38-34(14-15-34)26-10-7-11-27(35)17-26;1-4(2)5-3/h4-13,17-18,23,30-31,38,42,45H,14-16,19-22,36H2,1-3H3,(H,37,43)(H,39,44);4H,1-3H3. The van der Waals surface area contributed by atoms with E-state index >= 15 is 0 Å². The number of aliphatic hydroxyl groups excluding tert-OH is 1. The number of rotatable bonds is 18. The van der Waals surface area contributed by atoms with Crippen molar-refractivity contribution < 1.29 is 24.3 Å². The third-order valence-electron chi connectivity index (χ3n) is 8.39. The number of hydrogen-bond donors (Lipinski definition) is 6. The summed E-state index contributed by atoms with van der Waals surface area (Å²) in [5.74, 6) is -0.994. The first-order valence-electron chi connectivity index (χ1n) is 17.3. The number of carbonyl (C=O) groups excluding carboxylic acids is 2. The highest BCUT2D eigenvalue weighted by Gasteiger charge is 2.44. The van der Waals surface area contributed by atoms with Crippen molar-refractivity contribution in [3.8, 4) is 0 Å². The number of aliphatic hydroxyl groups is 1. The van der Waals surface area contributed by atoms with Gasteiger partial charge in [-0.05, 0) is 84.6 Å². The molecule has 4 rings (SSSR count). The van der Waals surface area contributed by atoms with E-state index in [1.807, 2.05) is 81.1 Å². The van der Waals surface area contributed by atoms with Crippen LogP contribution in [0.2, 0.25) is 0 Å². The van der Waals surface area contributed by atoms with Crippen LogP contribution in [0, 0.1) is 18.7 Å². The van der Waals surface area contributed by atoms with Crippen LogP contribution in [0.4, 0.5) is 10.1 Å². The van der Waals surface area contributed by atoms with Crippen LogP contribution < -0.4 is 21.7 Å².